The third kappa shape index (κ3) is 3.62. The van der Waals surface area contributed by atoms with E-state index in [1.807, 2.05) is 0 Å². The number of anilines is 1. The molecule has 0 aromatic heterocycles. The first kappa shape index (κ1) is 13.8. The molecule has 0 aliphatic carbocycles. The van der Waals surface area contributed by atoms with Crippen LogP contribution in [0.5, 0.6) is 0 Å². The van der Waals surface area contributed by atoms with E-state index in [4.69, 9.17) is 5.41 Å². The molecule has 0 aliphatic rings. The molecule has 1 rings (SSSR count). The third-order valence-electron chi connectivity index (χ3n) is 1.85. The fraction of sp³-hybridized carbons (Fsp3) is 0.182. The van der Waals surface area contributed by atoms with Crippen molar-refractivity contribution in [3.63, 3.8) is 0 Å². The standard InChI is InChI=1S/C11H11F2N3O2/c1-2-18-11(17)10(6-14)16-15-9-4-3-7(12)5-8(9)13/h3-6,14-15H,2H2,1H3/b14-6?,16-10+. The van der Waals surface area contributed by atoms with Gasteiger partial charge in [-0.3, -0.25) is 5.43 Å². The van der Waals surface area contributed by atoms with Crippen molar-refractivity contribution in [1.29, 1.82) is 5.41 Å². The Hall–Kier alpha value is -2.31. The summed E-state index contributed by atoms with van der Waals surface area (Å²) in [7, 11) is 0. The Labute approximate surface area is 102 Å². The van der Waals surface area contributed by atoms with E-state index in [2.05, 4.69) is 15.3 Å². The van der Waals surface area contributed by atoms with Gasteiger partial charge in [-0.1, -0.05) is 0 Å². The van der Waals surface area contributed by atoms with Gasteiger partial charge >= 0.3 is 5.97 Å². The number of esters is 1. The summed E-state index contributed by atoms with van der Waals surface area (Å²) in [6.07, 6.45) is 0.673. The molecule has 0 saturated heterocycles. The summed E-state index contributed by atoms with van der Waals surface area (Å²) in [6.45, 7) is 1.74. The zero-order valence-corrected chi connectivity index (χ0v) is 9.54. The predicted molar refractivity (Wildman–Crippen MR) is 62.8 cm³/mol. The highest BCUT2D eigenvalue weighted by atomic mass is 19.1. The Balaban J connectivity index is 2.83. The summed E-state index contributed by atoms with van der Waals surface area (Å²) in [4.78, 5) is 11.2. The molecule has 7 heteroatoms. The third-order valence-corrected chi connectivity index (χ3v) is 1.85. The second kappa shape index (κ2) is 6.43. The largest absolute Gasteiger partial charge is 0.461 e. The van der Waals surface area contributed by atoms with Crippen molar-refractivity contribution in [1.82, 2.24) is 0 Å². The molecule has 0 fully saturated rings. The Morgan fingerprint density at radius 2 is 2.28 bits per heavy atom. The zero-order valence-electron chi connectivity index (χ0n) is 9.54. The van der Waals surface area contributed by atoms with Gasteiger partial charge in [-0.15, -0.1) is 0 Å². The average Bonchev–Trinajstić information content (AvgIpc) is 2.32. The van der Waals surface area contributed by atoms with Gasteiger partial charge in [-0.25, -0.2) is 13.6 Å². The number of hydrogen-bond donors (Lipinski definition) is 2. The first-order valence-electron chi connectivity index (χ1n) is 5.04. The number of hydrogen-bond acceptors (Lipinski definition) is 5. The molecule has 0 spiro atoms. The first-order valence-corrected chi connectivity index (χ1v) is 5.04. The zero-order chi connectivity index (χ0) is 13.5. The van der Waals surface area contributed by atoms with Gasteiger partial charge in [0.15, 0.2) is 11.5 Å². The quantitative estimate of drug-likeness (QED) is 0.479. The second-order valence-electron chi connectivity index (χ2n) is 3.10. The highest BCUT2D eigenvalue weighted by Crippen LogP contribution is 2.14. The summed E-state index contributed by atoms with van der Waals surface area (Å²) in [5.41, 5.74) is 1.79. The van der Waals surface area contributed by atoms with Crippen LogP contribution in [0.15, 0.2) is 23.3 Å². The van der Waals surface area contributed by atoms with E-state index in [0.717, 1.165) is 12.1 Å². The number of ether oxygens (including phenoxy) is 1. The van der Waals surface area contributed by atoms with Gasteiger partial charge in [0.05, 0.1) is 18.5 Å². The number of nitrogens with one attached hydrogen (secondary N) is 2. The summed E-state index contributed by atoms with van der Waals surface area (Å²) in [6, 6.07) is 2.84. The molecule has 0 aliphatic heterocycles. The van der Waals surface area contributed by atoms with Crippen molar-refractivity contribution < 1.29 is 18.3 Å². The molecule has 0 atom stereocenters. The van der Waals surface area contributed by atoms with Crippen LogP contribution < -0.4 is 5.43 Å². The minimum Gasteiger partial charge on any atom is -0.461 e. The Morgan fingerprint density at radius 1 is 1.56 bits per heavy atom. The molecule has 0 bridgehead atoms. The molecule has 0 radical (unpaired) electrons. The van der Waals surface area contributed by atoms with Gasteiger partial charge < -0.3 is 10.1 Å². The molecule has 96 valence electrons. The van der Waals surface area contributed by atoms with Gasteiger partial charge in [-0.05, 0) is 19.1 Å². The molecule has 18 heavy (non-hydrogen) atoms. The summed E-state index contributed by atoms with van der Waals surface area (Å²) in [5, 5.41) is 10.5. The molecule has 5 nitrogen and oxygen atoms in total. The lowest BCUT2D eigenvalue weighted by Gasteiger charge is -2.04. The highest BCUT2D eigenvalue weighted by Gasteiger charge is 2.10. The van der Waals surface area contributed by atoms with Gasteiger partial charge in [0.1, 0.15) is 5.82 Å². The van der Waals surface area contributed by atoms with E-state index in [-0.39, 0.29) is 18.0 Å². The number of carbonyl (C=O) groups is 1. The van der Waals surface area contributed by atoms with Gasteiger partial charge in [-0.2, -0.15) is 5.10 Å². The Bertz CT molecular complexity index is 489. The predicted octanol–water partition coefficient (Wildman–Crippen LogP) is 1.95. The topological polar surface area (TPSA) is 74.5 Å². The van der Waals surface area contributed by atoms with Crippen LogP contribution >= 0.6 is 0 Å². The lowest BCUT2D eigenvalue weighted by atomic mass is 10.3. The average molecular weight is 255 g/mol. The number of carbonyl (C=O) groups excluding carboxylic acids is 1. The molecule has 0 unspecified atom stereocenters. The SMILES string of the molecule is CCOC(=O)/C(C=N)=N/Nc1ccc(F)cc1F. The van der Waals surface area contributed by atoms with Crippen molar-refractivity contribution >= 4 is 23.6 Å². The smallest absolute Gasteiger partial charge is 0.360 e. The number of hydrazone groups is 1. The summed E-state index contributed by atoms with van der Waals surface area (Å²) < 4.78 is 30.5. The van der Waals surface area contributed by atoms with E-state index >= 15 is 0 Å². The van der Waals surface area contributed by atoms with Crippen LogP contribution in [0.1, 0.15) is 6.92 Å². The van der Waals surface area contributed by atoms with Crippen molar-refractivity contribution in [3.05, 3.63) is 29.8 Å². The van der Waals surface area contributed by atoms with E-state index in [1.165, 1.54) is 0 Å². The number of halogens is 2. The molecule has 0 heterocycles. The number of rotatable bonds is 5. The fourth-order valence-corrected chi connectivity index (χ4v) is 1.04. The number of benzene rings is 1. The van der Waals surface area contributed by atoms with Gasteiger partial charge in [0.2, 0.25) is 0 Å². The monoisotopic (exact) mass is 255 g/mol. The lowest BCUT2D eigenvalue weighted by molar-refractivity contribution is -0.134. The van der Waals surface area contributed by atoms with Gasteiger partial charge in [0.25, 0.3) is 0 Å². The summed E-state index contributed by atoms with van der Waals surface area (Å²) >= 11 is 0. The molecule has 1 aromatic rings. The van der Waals surface area contributed by atoms with Crippen molar-refractivity contribution in [3.8, 4) is 0 Å². The maximum atomic E-state index is 13.2. The van der Waals surface area contributed by atoms with E-state index in [9.17, 15) is 13.6 Å². The molecule has 2 N–H and O–H groups in total. The minimum absolute atomic E-state index is 0.111. The van der Waals surface area contributed by atoms with Crippen LogP contribution in [-0.4, -0.2) is 24.5 Å². The Morgan fingerprint density at radius 3 is 2.83 bits per heavy atom. The maximum Gasteiger partial charge on any atom is 0.360 e. The van der Waals surface area contributed by atoms with Gasteiger partial charge in [0, 0.05) is 6.07 Å². The maximum absolute atomic E-state index is 13.2. The van der Waals surface area contributed by atoms with Crippen LogP contribution in [-0.2, 0) is 9.53 Å². The molecule has 0 amide bonds. The van der Waals surface area contributed by atoms with Crippen LogP contribution in [0.2, 0.25) is 0 Å². The fourth-order valence-electron chi connectivity index (χ4n) is 1.04. The lowest BCUT2D eigenvalue weighted by Crippen LogP contribution is -2.20. The molecule has 1 aromatic carbocycles. The van der Waals surface area contributed by atoms with Crippen LogP contribution in [0.4, 0.5) is 14.5 Å². The Kier molecular flexibility index (Phi) is 4.91. The van der Waals surface area contributed by atoms with Crippen LogP contribution in [0.25, 0.3) is 0 Å². The normalized spacial score (nSPS) is 10.9. The van der Waals surface area contributed by atoms with Crippen LogP contribution in [0.3, 0.4) is 0 Å². The van der Waals surface area contributed by atoms with Crippen molar-refractivity contribution in [2.75, 3.05) is 12.0 Å². The van der Waals surface area contributed by atoms with Crippen molar-refractivity contribution in [2.24, 2.45) is 5.10 Å². The first-order chi connectivity index (χ1) is 8.58. The second-order valence-corrected chi connectivity index (χ2v) is 3.10. The molecule has 0 saturated carbocycles. The van der Waals surface area contributed by atoms with E-state index < -0.39 is 17.6 Å². The molecular formula is C11H11F2N3O2. The van der Waals surface area contributed by atoms with E-state index in [0.29, 0.717) is 12.3 Å². The summed E-state index contributed by atoms with van der Waals surface area (Å²) in [5.74, 6) is -2.38. The highest BCUT2D eigenvalue weighted by molar-refractivity contribution is 6.58. The van der Waals surface area contributed by atoms with Crippen LogP contribution in [0, 0.1) is 17.0 Å². The number of nitrogens with zero attached hydrogens (tertiary/aromatic N) is 1. The van der Waals surface area contributed by atoms with Crippen molar-refractivity contribution in [2.45, 2.75) is 6.92 Å². The minimum atomic E-state index is -0.855. The van der Waals surface area contributed by atoms with E-state index in [1.54, 1.807) is 6.92 Å². The molecular weight excluding hydrogens is 244 g/mol.